The second kappa shape index (κ2) is 6.82. The van der Waals surface area contributed by atoms with Gasteiger partial charge in [0.05, 0.1) is 0 Å². The van der Waals surface area contributed by atoms with Crippen molar-refractivity contribution in [3.8, 4) is 5.75 Å². The van der Waals surface area contributed by atoms with Crippen LogP contribution >= 0.6 is 0 Å². The number of fused-ring (bicyclic) bond motifs is 1. The summed E-state index contributed by atoms with van der Waals surface area (Å²) in [5, 5.41) is 3.14. The fourth-order valence-electron chi connectivity index (χ4n) is 3.67. The summed E-state index contributed by atoms with van der Waals surface area (Å²) >= 11 is 0. The Labute approximate surface area is 151 Å². The van der Waals surface area contributed by atoms with Crippen LogP contribution in [0.1, 0.15) is 24.3 Å². The molecule has 7 heteroatoms. The van der Waals surface area contributed by atoms with Gasteiger partial charge < -0.3 is 19.5 Å². The van der Waals surface area contributed by atoms with E-state index in [0.717, 1.165) is 30.7 Å². The number of nitrogens with one attached hydrogen (secondary N) is 1. The van der Waals surface area contributed by atoms with Crippen LogP contribution in [0.4, 0.5) is 5.82 Å². The molecule has 2 aliphatic heterocycles. The molecule has 136 valence electrons. The van der Waals surface area contributed by atoms with E-state index in [-0.39, 0.29) is 23.4 Å². The number of carbonyl (C=O) groups is 1. The zero-order chi connectivity index (χ0) is 18.1. The zero-order valence-electron chi connectivity index (χ0n) is 14.7. The monoisotopic (exact) mass is 354 g/mol. The molecule has 1 aromatic heterocycles. The number of carbonyl (C=O) groups excluding carboxylic acids is 1. The summed E-state index contributed by atoms with van der Waals surface area (Å²) in [6, 6.07) is 7.66. The van der Waals surface area contributed by atoms with Gasteiger partial charge in [-0.15, -0.1) is 0 Å². The van der Waals surface area contributed by atoms with Crippen molar-refractivity contribution in [1.29, 1.82) is 0 Å². The third-order valence-electron chi connectivity index (χ3n) is 5.08. The van der Waals surface area contributed by atoms with Gasteiger partial charge in [-0.05, 0) is 18.9 Å². The number of nitrogens with zero attached hydrogens (tertiary/aromatic N) is 3. The molecule has 0 spiro atoms. The highest BCUT2D eigenvalue weighted by molar-refractivity contribution is 5.85. The number of hydrogen-bond donors (Lipinski definition) is 1. The van der Waals surface area contributed by atoms with Crippen LogP contribution in [0.15, 0.2) is 41.5 Å². The Morgan fingerprint density at radius 3 is 3.08 bits per heavy atom. The van der Waals surface area contributed by atoms with Crippen LogP contribution in [0, 0.1) is 0 Å². The third-order valence-corrected chi connectivity index (χ3v) is 5.08. The number of aromatic nitrogens is 2. The van der Waals surface area contributed by atoms with Crippen molar-refractivity contribution in [2.24, 2.45) is 7.05 Å². The van der Waals surface area contributed by atoms with E-state index in [1.54, 1.807) is 19.4 Å². The minimum Gasteiger partial charge on any atom is -0.492 e. The van der Waals surface area contributed by atoms with Gasteiger partial charge in [0.25, 0.3) is 5.56 Å². The molecule has 0 unspecified atom stereocenters. The quantitative estimate of drug-likeness (QED) is 0.891. The van der Waals surface area contributed by atoms with E-state index >= 15 is 0 Å². The van der Waals surface area contributed by atoms with Crippen LogP contribution in [0.5, 0.6) is 5.75 Å². The number of hydrogen-bond acceptors (Lipinski definition) is 5. The van der Waals surface area contributed by atoms with E-state index in [0.29, 0.717) is 19.0 Å². The summed E-state index contributed by atoms with van der Waals surface area (Å²) in [4.78, 5) is 31.3. The SMILES string of the molecule is Cn1ccnc(N2CCC[C@H](NC(=O)[C@H]3COc4ccccc43)C2)c1=O. The smallest absolute Gasteiger partial charge is 0.293 e. The number of benzene rings is 1. The molecule has 4 rings (SSSR count). The standard InChI is InChI=1S/C19H22N4O3/c1-22-10-8-20-17(19(22)25)23-9-4-5-13(11-23)21-18(24)15-12-26-16-7-3-2-6-14(15)16/h2-3,6-8,10,13,15H,4-5,9,11-12H2,1H3,(H,21,24)/t13-,15-/m0/s1. The summed E-state index contributed by atoms with van der Waals surface area (Å²) in [5.74, 6) is 0.943. The van der Waals surface area contributed by atoms with Crippen LogP contribution in [0.2, 0.25) is 0 Å². The predicted octanol–water partition coefficient (Wildman–Crippen LogP) is 1.04. The van der Waals surface area contributed by atoms with Crippen molar-refractivity contribution in [2.45, 2.75) is 24.8 Å². The molecule has 1 aromatic carbocycles. The van der Waals surface area contributed by atoms with Gasteiger partial charge in [0.1, 0.15) is 18.3 Å². The molecule has 1 amide bonds. The average molecular weight is 354 g/mol. The Hall–Kier alpha value is -2.83. The number of aryl methyl sites for hydroxylation is 1. The number of amides is 1. The molecule has 2 atom stereocenters. The van der Waals surface area contributed by atoms with Gasteiger partial charge in [0, 0.05) is 44.1 Å². The van der Waals surface area contributed by atoms with Gasteiger partial charge in [0.15, 0.2) is 5.82 Å². The molecule has 1 N–H and O–H groups in total. The molecule has 3 heterocycles. The average Bonchev–Trinajstić information content (AvgIpc) is 3.08. The molecule has 2 aromatic rings. The first-order valence-corrected chi connectivity index (χ1v) is 8.92. The molecular formula is C19H22N4O3. The highest BCUT2D eigenvalue weighted by atomic mass is 16.5. The van der Waals surface area contributed by atoms with Gasteiger partial charge in [-0.3, -0.25) is 9.59 Å². The van der Waals surface area contributed by atoms with Gasteiger partial charge >= 0.3 is 0 Å². The van der Waals surface area contributed by atoms with Crippen molar-refractivity contribution in [2.75, 3.05) is 24.6 Å². The van der Waals surface area contributed by atoms with E-state index in [2.05, 4.69) is 10.3 Å². The minimum atomic E-state index is -0.274. The summed E-state index contributed by atoms with van der Waals surface area (Å²) in [6.07, 6.45) is 5.07. The van der Waals surface area contributed by atoms with E-state index in [1.807, 2.05) is 29.2 Å². The molecule has 0 saturated carbocycles. The van der Waals surface area contributed by atoms with Crippen molar-refractivity contribution in [3.63, 3.8) is 0 Å². The van der Waals surface area contributed by atoms with E-state index in [9.17, 15) is 9.59 Å². The topological polar surface area (TPSA) is 76.5 Å². The van der Waals surface area contributed by atoms with Crippen molar-refractivity contribution >= 4 is 11.7 Å². The Morgan fingerprint density at radius 2 is 2.19 bits per heavy atom. The maximum Gasteiger partial charge on any atom is 0.293 e. The molecule has 1 fully saturated rings. The lowest BCUT2D eigenvalue weighted by molar-refractivity contribution is -0.123. The van der Waals surface area contributed by atoms with Crippen LogP contribution in [-0.4, -0.2) is 41.2 Å². The van der Waals surface area contributed by atoms with Gasteiger partial charge in [-0.25, -0.2) is 4.98 Å². The minimum absolute atomic E-state index is 0.00396. The Balaban J connectivity index is 1.45. The zero-order valence-corrected chi connectivity index (χ0v) is 14.7. The normalized spacial score (nSPS) is 21.8. The van der Waals surface area contributed by atoms with Gasteiger partial charge in [-0.1, -0.05) is 18.2 Å². The van der Waals surface area contributed by atoms with Crippen molar-refractivity contribution < 1.29 is 9.53 Å². The van der Waals surface area contributed by atoms with Crippen molar-refractivity contribution in [1.82, 2.24) is 14.9 Å². The largest absolute Gasteiger partial charge is 0.492 e. The van der Waals surface area contributed by atoms with E-state index in [1.165, 1.54) is 4.57 Å². The Bertz CT molecular complexity index is 879. The first kappa shape index (κ1) is 16.6. The summed E-state index contributed by atoms with van der Waals surface area (Å²) in [6.45, 7) is 1.74. The van der Waals surface area contributed by atoms with Crippen LogP contribution < -0.4 is 20.5 Å². The lowest BCUT2D eigenvalue weighted by atomic mass is 9.99. The van der Waals surface area contributed by atoms with E-state index in [4.69, 9.17) is 4.74 Å². The van der Waals surface area contributed by atoms with Crippen molar-refractivity contribution in [3.05, 3.63) is 52.6 Å². The summed E-state index contributed by atoms with van der Waals surface area (Å²) in [7, 11) is 1.72. The molecule has 0 radical (unpaired) electrons. The molecule has 1 saturated heterocycles. The maximum absolute atomic E-state index is 12.7. The van der Waals surface area contributed by atoms with Crippen LogP contribution in [0.3, 0.4) is 0 Å². The number of piperidine rings is 1. The first-order chi connectivity index (χ1) is 12.6. The molecule has 0 bridgehead atoms. The highest BCUT2D eigenvalue weighted by Crippen LogP contribution is 2.33. The number of ether oxygens (including phenoxy) is 1. The molecule has 0 aliphatic carbocycles. The number of rotatable bonds is 3. The second-order valence-electron chi connectivity index (χ2n) is 6.86. The summed E-state index contributed by atoms with van der Waals surface area (Å²) in [5.41, 5.74) is 0.828. The summed E-state index contributed by atoms with van der Waals surface area (Å²) < 4.78 is 7.14. The molecule has 2 aliphatic rings. The maximum atomic E-state index is 12.7. The van der Waals surface area contributed by atoms with Gasteiger partial charge in [-0.2, -0.15) is 0 Å². The fourth-order valence-corrected chi connectivity index (χ4v) is 3.67. The molecule has 7 nitrogen and oxygen atoms in total. The third kappa shape index (κ3) is 3.05. The Kier molecular flexibility index (Phi) is 4.36. The van der Waals surface area contributed by atoms with E-state index < -0.39 is 0 Å². The fraction of sp³-hybridized carbons (Fsp3) is 0.421. The van der Waals surface area contributed by atoms with Crippen LogP contribution in [-0.2, 0) is 11.8 Å². The second-order valence-corrected chi connectivity index (χ2v) is 6.86. The lowest BCUT2D eigenvalue weighted by Crippen LogP contribution is -2.50. The predicted molar refractivity (Wildman–Crippen MR) is 97.5 cm³/mol. The molecular weight excluding hydrogens is 332 g/mol. The number of para-hydroxylation sites is 1. The first-order valence-electron chi connectivity index (χ1n) is 8.92. The van der Waals surface area contributed by atoms with Crippen LogP contribution in [0.25, 0.3) is 0 Å². The number of anilines is 1. The molecule has 26 heavy (non-hydrogen) atoms. The Morgan fingerprint density at radius 1 is 1.35 bits per heavy atom. The lowest BCUT2D eigenvalue weighted by Gasteiger charge is -2.34. The highest BCUT2D eigenvalue weighted by Gasteiger charge is 2.32. The van der Waals surface area contributed by atoms with Gasteiger partial charge in [0.2, 0.25) is 5.91 Å².